The van der Waals surface area contributed by atoms with Gasteiger partial charge in [-0.25, -0.2) is 0 Å². The molecule has 4 rings (SSSR count). The third kappa shape index (κ3) is 5.71. The van der Waals surface area contributed by atoms with Crippen LogP contribution in [0.2, 0.25) is 0 Å². The molecule has 8 heteroatoms. The average Bonchev–Trinajstić information content (AvgIpc) is 3.60. The number of nitrogens with one attached hydrogen (secondary N) is 1. The Morgan fingerprint density at radius 3 is 2.49 bits per heavy atom. The van der Waals surface area contributed by atoms with Crippen molar-refractivity contribution in [3.05, 3.63) is 59.2 Å². The largest absolute Gasteiger partial charge is 0.416 e. The molecule has 2 aromatic carbocycles. The van der Waals surface area contributed by atoms with Gasteiger partial charge in [0.25, 0.3) is 5.91 Å². The maximum atomic E-state index is 13.4. The number of amides is 1. The Morgan fingerprint density at radius 1 is 1.17 bits per heavy atom. The fourth-order valence-corrected chi connectivity index (χ4v) is 5.22. The number of epoxide rings is 1. The molecule has 1 heterocycles. The first kappa shape index (κ1) is 25.7. The second-order valence-corrected chi connectivity index (χ2v) is 9.69. The van der Waals surface area contributed by atoms with Crippen LogP contribution < -0.4 is 5.32 Å². The second kappa shape index (κ2) is 10.3. The number of aliphatic hydroxyl groups excluding tert-OH is 2. The van der Waals surface area contributed by atoms with Gasteiger partial charge in [-0.1, -0.05) is 31.5 Å². The summed E-state index contributed by atoms with van der Waals surface area (Å²) >= 11 is 0. The van der Waals surface area contributed by atoms with Crippen molar-refractivity contribution in [3.63, 3.8) is 0 Å². The zero-order chi connectivity index (χ0) is 25.2. The molecule has 190 valence electrons. The highest BCUT2D eigenvalue weighted by molar-refractivity contribution is 5.96. The normalized spacial score (nSPS) is 26.4. The van der Waals surface area contributed by atoms with Gasteiger partial charge in [-0.15, -0.1) is 0 Å². The predicted molar refractivity (Wildman–Crippen MR) is 126 cm³/mol. The lowest BCUT2D eigenvalue weighted by Crippen LogP contribution is -2.55. The number of halogens is 3. The number of ether oxygens (including phenoxy) is 1. The van der Waals surface area contributed by atoms with Gasteiger partial charge in [-0.2, -0.15) is 13.2 Å². The van der Waals surface area contributed by atoms with Gasteiger partial charge in [0.1, 0.15) is 6.10 Å². The van der Waals surface area contributed by atoms with E-state index < -0.39 is 29.7 Å². The van der Waals surface area contributed by atoms with Crippen LogP contribution in [-0.2, 0) is 17.3 Å². The number of hydrogen-bond acceptors (Lipinski definition) is 4. The topological polar surface area (TPSA) is 82.1 Å². The highest BCUT2D eigenvalue weighted by Gasteiger charge is 2.56. The predicted octanol–water partition coefficient (Wildman–Crippen LogP) is 5.08. The second-order valence-electron chi connectivity index (χ2n) is 9.69. The lowest BCUT2D eigenvalue weighted by molar-refractivity contribution is -0.137. The van der Waals surface area contributed by atoms with Crippen molar-refractivity contribution < 1.29 is 32.9 Å². The molecule has 0 spiro atoms. The smallest absolute Gasteiger partial charge is 0.396 e. The van der Waals surface area contributed by atoms with Gasteiger partial charge in [0.2, 0.25) is 0 Å². The van der Waals surface area contributed by atoms with Crippen LogP contribution in [0.1, 0.15) is 66.9 Å². The Balaban J connectivity index is 1.64. The molecule has 2 aliphatic rings. The van der Waals surface area contributed by atoms with E-state index in [-0.39, 0.29) is 12.5 Å². The number of carbonyl (C=O) groups is 1. The lowest BCUT2D eigenvalue weighted by Gasteiger charge is -2.39. The van der Waals surface area contributed by atoms with Crippen LogP contribution in [0.5, 0.6) is 0 Å². The first-order chi connectivity index (χ1) is 16.7. The van der Waals surface area contributed by atoms with Gasteiger partial charge < -0.3 is 20.3 Å². The minimum Gasteiger partial charge on any atom is -0.396 e. The van der Waals surface area contributed by atoms with Gasteiger partial charge >= 0.3 is 6.18 Å². The molecule has 1 aliphatic carbocycles. The Kier molecular flexibility index (Phi) is 7.54. The van der Waals surface area contributed by atoms with Crippen LogP contribution in [0.15, 0.2) is 42.5 Å². The van der Waals surface area contributed by atoms with Crippen molar-refractivity contribution in [1.29, 1.82) is 0 Å². The van der Waals surface area contributed by atoms with Crippen LogP contribution in [-0.4, -0.2) is 40.7 Å². The first-order valence-electron chi connectivity index (χ1n) is 12.2. The molecule has 0 aromatic heterocycles. The van der Waals surface area contributed by atoms with E-state index in [1.54, 1.807) is 24.3 Å². The van der Waals surface area contributed by atoms with E-state index >= 15 is 0 Å². The number of rotatable bonds is 8. The first-order valence-corrected chi connectivity index (χ1v) is 12.2. The Hall–Kier alpha value is -2.42. The van der Waals surface area contributed by atoms with Crippen LogP contribution in [0.4, 0.5) is 13.2 Å². The summed E-state index contributed by atoms with van der Waals surface area (Å²) in [5, 5.41) is 22.4. The van der Waals surface area contributed by atoms with E-state index in [1.807, 2.05) is 0 Å². The Bertz CT molecular complexity index is 1050. The van der Waals surface area contributed by atoms with E-state index in [2.05, 4.69) is 12.2 Å². The summed E-state index contributed by atoms with van der Waals surface area (Å²) in [5.41, 5.74) is 0.564. The minimum absolute atomic E-state index is 0.0464. The molecule has 0 bridgehead atoms. The van der Waals surface area contributed by atoms with E-state index in [1.165, 1.54) is 6.07 Å². The van der Waals surface area contributed by atoms with E-state index in [9.17, 15) is 28.2 Å². The lowest BCUT2D eigenvalue weighted by atomic mass is 9.73. The van der Waals surface area contributed by atoms with Gasteiger partial charge in [-0.3, -0.25) is 4.79 Å². The molecule has 2 atom stereocenters. The fraction of sp³-hybridized carbons (Fsp3) is 0.519. The van der Waals surface area contributed by atoms with Crippen molar-refractivity contribution in [2.45, 2.75) is 76.0 Å². The molecule has 1 aliphatic heterocycles. The molecule has 5 nitrogen and oxygen atoms in total. The van der Waals surface area contributed by atoms with Crippen molar-refractivity contribution >= 4 is 5.91 Å². The molecule has 35 heavy (non-hydrogen) atoms. The van der Waals surface area contributed by atoms with Gasteiger partial charge in [0.15, 0.2) is 6.29 Å². The van der Waals surface area contributed by atoms with Crippen LogP contribution in [0.3, 0.4) is 0 Å². The molecule has 0 radical (unpaired) electrons. The Labute approximate surface area is 203 Å². The number of carbonyl (C=O) groups excluding carboxylic acids is 1. The summed E-state index contributed by atoms with van der Waals surface area (Å²) in [4.78, 5) is 13.4. The number of hydrogen-bond donors (Lipinski definition) is 3. The molecule has 1 saturated heterocycles. The molecule has 1 amide bonds. The average molecular weight is 492 g/mol. The third-order valence-corrected chi connectivity index (χ3v) is 7.43. The van der Waals surface area contributed by atoms with Gasteiger partial charge in [0.05, 0.1) is 11.1 Å². The summed E-state index contributed by atoms with van der Waals surface area (Å²) < 4.78 is 45.4. The highest BCUT2D eigenvalue weighted by Crippen LogP contribution is 2.43. The quantitative estimate of drug-likeness (QED) is 0.450. The van der Waals surface area contributed by atoms with Crippen molar-refractivity contribution in [2.24, 2.45) is 5.92 Å². The maximum Gasteiger partial charge on any atom is 0.416 e. The molecule has 2 unspecified atom stereocenters. The molecular weight excluding hydrogens is 459 g/mol. The van der Waals surface area contributed by atoms with Gasteiger partial charge in [-0.05, 0) is 85.4 Å². The van der Waals surface area contributed by atoms with Gasteiger partial charge in [0, 0.05) is 12.2 Å². The van der Waals surface area contributed by atoms with Crippen LogP contribution >= 0.6 is 0 Å². The summed E-state index contributed by atoms with van der Waals surface area (Å²) in [6.45, 7) is 2.10. The Morgan fingerprint density at radius 2 is 1.89 bits per heavy atom. The summed E-state index contributed by atoms with van der Waals surface area (Å²) in [6, 6.07) is 10.1. The monoisotopic (exact) mass is 491 g/mol. The number of aryl methyl sites for hydroxylation is 1. The standard InChI is InChI=1S/C27H32F3NO4/c1-2-17-10-12-26(13-11-17,23-25(34)35-23)31-24(33)20-9-8-18(6-4-14-32)22(16-20)19-5-3-7-21(15-19)27(28,29)30/h3,5,7-9,15-17,23,25,32,34H,2,4,6,10-14H2,1H3,(H,31,33). The van der Waals surface area contributed by atoms with Crippen molar-refractivity contribution in [3.8, 4) is 11.1 Å². The highest BCUT2D eigenvalue weighted by atomic mass is 19.4. The van der Waals surface area contributed by atoms with Crippen LogP contribution in [0, 0.1) is 5.92 Å². The number of alkyl halides is 3. The number of aliphatic hydroxyl groups is 2. The molecule has 1 saturated carbocycles. The minimum atomic E-state index is -4.48. The van der Waals surface area contributed by atoms with Crippen LogP contribution in [0.25, 0.3) is 11.1 Å². The zero-order valence-corrected chi connectivity index (χ0v) is 19.8. The zero-order valence-electron chi connectivity index (χ0n) is 19.8. The number of benzene rings is 2. The van der Waals surface area contributed by atoms with E-state index in [0.717, 1.165) is 37.0 Å². The summed E-state index contributed by atoms with van der Waals surface area (Å²) in [7, 11) is 0. The summed E-state index contributed by atoms with van der Waals surface area (Å²) in [6.07, 6.45) is -0.574. The van der Waals surface area contributed by atoms with E-state index in [0.29, 0.717) is 48.3 Å². The molecule has 3 N–H and O–H groups in total. The maximum absolute atomic E-state index is 13.4. The fourth-order valence-electron chi connectivity index (χ4n) is 5.22. The SMILES string of the molecule is CCC1CCC(NC(=O)c2ccc(CCCO)c(-c3cccc(C(F)(F)F)c3)c2)(C2OC2O)CC1. The molecular formula is C27H32F3NO4. The molecule has 2 aromatic rings. The van der Waals surface area contributed by atoms with Crippen molar-refractivity contribution in [1.82, 2.24) is 5.32 Å². The third-order valence-electron chi connectivity index (χ3n) is 7.43. The molecule has 2 fully saturated rings. The summed E-state index contributed by atoms with van der Waals surface area (Å²) in [5.74, 6) is 0.235. The van der Waals surface area contributed by atoms with E-state index in [4.69, 9.17) is 4.74 Å². The van der Waals surface area contributed by atoms with Crippen molar-refractivity contribution in [2.75, 3.05) is 6.61 Å².